The van der Waals surface area contributed by atoms with Crippen LogP contribution in [0, 0.1) is 29.1 Å². The summed E-state index contributed by atoms with van der Waals surface area (Å²) in [6, 6.07) is 11.8. The van der Waals surface area contributed by atoms with E-state index in [0.717, 1.165) is 22.7 Å². The van der Waals surface area contributed by atoms with Gasteiger partial charge in [0.1, 0.15) is 4.90 Å². The van der Waals surface area contributed by atoms with Crippen molar-refractivity contribution in [3.8, 4) is 0 Å². The normalized spacial score (nSPS) is 13.8. The van der Waals surface area contributed by atoms with E-state index in [1.807, 2.05) is 24.3 Å². The van der Waals surface area contributed by atoms with Gasteiger partial charge in [-0.1, -0.05) is 55.1 Å². The van der Waals surface area contributed by atoms with Crippen molar-refractivity contribution in [1.82, 2.24) is 9.79 Å². The largest absolute Gasteiger partial charge is 0.305 e. The van der Waals surface area contributed by atoms with Crippen LogP contribution in [0.4, 0.5) is 27.6 Å². The Bertz CT molecular complexity index is 1440. The molecule has 6 nitrogen and oxygen atoms in total. The summed E-state index contributed by atoms with van der Waals surface area (Å²) in [5, 5.41) is 8.93. The Morgan fingerprint density at radius 3 is 2.10 bits per heavy atom. The monoisotopic (exact) mass is 627 g/mol. The van der Waals surface area contributed by atoms with E-state index in [1.165, 1.54) is 60.5 Å². The fourth-order valence-electron chi connectivity index (χ4n) is 4.88. The third-order valence-corrected chi connectivity index (χ3v) is 8.36. The molecule has 0 bridgehead atoms. The van der Waals surface area contributed by atoms with Gasteiger partial charge in [-0.05, 0) is 67.1 Å². The van der Waals surface area contributed by atoms with Gasteiger partial charge in [-0.25, -0.2) is 31.7 Å². The molecule has 2 amide bonds. The molecule has 0 saturated heterocycles. The first kappa shape index (κ1) is 31.7. The van der Waals surface area contributed by atoms with Gasteiger partial charge < -0.3 is 4.90 Å². The fraction of sp³-hybridized carbons (Fsp3) is 0.310. The van der Waals surface area contributed by atoms with Gasteiger partial charge in [0.15, 0.2) is 23.3 Å². The van der Waals surface area contributed by atoms with E-state index in [-0.39, 0.29) is 34.8 Å². The number of anilines is 1. The molecule has 0 aliphatic heterocycles. The van der Waals surface area contributed by atoms with Gasteiger partial charge in [0.25, 0.3) is 5.91 Å². The molecule has 13 heteroatoms. The van der Waals surface area contributed by atoms with Crippen LogP contribution in [0.1, 0.15) is 59.5 Å². The van der Waals surface area contributed by atoms with Crippen molar-refractivity contribution in [2.45, 2.75) is 49.5 Å². The second-order valence-corrected chi connectivity index (χ2v) is 11.6. The minimum absolute atomic E-state index is 0.00153. The highest BCUT2D eigenvalue weighted by molar-refractivity contribution is 7.97. The first-order chi connectivity index (χ1) is 20.0. The van der Waals surface area contributed by atoms with Gasteiger partial charge in [-0.3, -0.25) is 14.8 Å². The van der Waals surface area contributed by atoms with Crippen LogP contribution < -0.4 is 10.4 Å². The molecule has 0 radical (unpaired) electrons. The summed E-state index contributed by atoms with van der Waals surface area (Å²) < 4.78 is 70.3. The lowest BCUT2D eigenvalue weighted by Crippen LogP contribution is -2.37. The maximum Gasteiger partial charge on any atom is 0.274 e. The third kappa shape index (κ3) is 7.05. The van der Waals surface area contributed by atoms with Crippen molar-refractivity contribution in [2.24, 2.45) is 0 Å². The summed E-state index contributed by atoms with van der Waals surface area (Å²) in [6.45, 7) is -0.490. The number of halogens is 6. The lowest BCUT2D eigenvalue weighted by molar-refractivity contribution is -0.118. The lowest BCUT2D eigenvalue weighted by Gasteiger charge is -2.27. The predicted octanol–water partition coefficient (Wildman–Crippen LogP) is 7.37. The van der Waals surface area contributed by atoms with E-state index in [1.54, 1.807) is 0 Å². The van der Waals surface area contributed by atoms with Crippen LogP contribution in [0.15, 0.2) is 47.4 Å². The maximum absolute atomic E-state index is 14.2. The maximum atomic E-state index is 14.2. The zero-order chi connectivity index (χ0) is 30.6. The quantitative estimate of drug-likeness (QED) is 0.0647. The zero-order valence-electron chi connectivity index (χ0n) is 22.4. The van der Waals surface area contributed by atoms with Gasteiger partial charge in [0.05, 0.1) is 23.8 Å². The van der Waals surface area contributed by atoms with Crippen LogP contribution in [-0.2, 0) is 11.3 Å². The summed E-state index contributed by atoms with van der Waals surface area (Å²) in [4.78, 5) is 25.5. The van der Waals surface area contributed by atoms with Gasteiger partial charge in [0.2, 0.25) is 11.7 Å². The van der Waals surface area contributed by atoms with Crippen molar-refractivity contribution in [1.29, 1.82) is 0 Å². The van der Waals surface area contributed by atoms with Crippen LogP contribution in [-0.4, -0.2) is 34.9 Å². The van der Waals surface area contributed by atoms with Crippen molar-refractivity contribution >= 4 is 41.1 Å². The van der Waals surface area contributed by atoms with E-state index in [0.29, 0.717) is 5.92 Å². The Morgan fingerprint density at radius 1 is 0.929 bits per heavy atom. The van der Waals surface area contributed by atoms with Gasteiger partial charge in [-0.2, -0.15) is 0 Å². The van der Waals surface area contributed by atoms with E-state index < -0.39 is 52.3 Å². The highest BCUT2D eigenvalue weighted by Crippen LogP contribution is 2.35. The number of hydrogen-bond acceptors (Lipinski definition) is 5. The molecule has 1 fully saturated rings. The fourth-order valence-corrected chi connectivity index (χ4v) is 5.99. The molecule has 3 aromatic carbocycles. The molecule has 0 aromatic heterocycles. The van der Waals surface area contributed by atoms with Gasteiger partial charge in [0, 0.05) is 5.56 Å². The number of rotatable bonds is 9. The number of carbonyl (C=O) groups excluding carboxylic acids is 2. The summed E-state index contributed by atoms with van der Waals surface area (Å²) >= 11 is 6.62. The molecule has 0 atom stereocenters. The number of nitrogens with one attached hydrogen (secondary N) is 1. The van der Waals surface area contributed by atoms with Crippen LogP contribution in [0.3, 0.4) is 0 Å². The molecule has 42 heavy (non-hydrogen) atoms. The molecule has 1 saturated carbocycles. The second-order valence-electron chi connectivity index (χ2n) is 9.94. The number of amides is 2. The molecule has 1 aliphatic carbocycles. The average Bonchev–Trinajstić information content (AvgIpc) is 3.00. The van der Waals surface area contributed by atoms with Crippen molar-refractivity contribution < 1.29 is 36.7 Å². The Kier molecular flexibility index (Phi) is 10.5. The molecule has 4 rings (SSSR count). The standard InChI is InChI=1S/C29H27ClF5N3O3S/c1-37(42-28-26(34)24(32)23(31)25(33)27(28)35)15-22(39)38(21-12-11-19(13-20(21)30)29(40)36-41)14-16-7-9-18(10-8-16)17-5-3-2-4-6-17/h7-13,17,41H,2-6,14-15H2,1H3,(H,36,40). The molecule has 224 valence electrons. The Morgan fingerprint density at radius 2 is 1.52 bits per heavy atom. The van der Waals surface area contributed by atoms with E-state index in [4.69, 9.17) is 16.8 Å². The second kappa shape index (κ2) is 13.9. The van der Waals surface area contributed by atoms with Crippen molar-refractivity contribution in [2.75, 3.05) is 18.5 Å². The summed E-state index contributed by atoms with van der Waals surface area (Å²) in [5.74, 6) is -11.4. The topological polar surface area (TPSA) is 72.9 Å². The molecular weight excluding hydrogens is 601 g/mol. The first-order valence-electron chi connectivity index (χ1n) is 13.1. The lowest BCUT2D eigenvalue weighted by atomic mass is 9.84. The smallest absolute Gasteiger partial charge is 0.274 e. The molecule has 0 heterocycles. The van der Waals surface area contributed by atoms with Crippen molar-refractivity contribution in [3.05, 3.63) is 93.3 Å². The van der Waals surface area contributed by atoms with Gasteiger partial charge in [-0.15, -0.1) is 0 Å². The number of hydroxylamine groups is 1. The van der Waals surface area contributed by atoms with Crippen LogP contribution in [0.25, 0.3) is 0 Å². The van der Waals surface area contributed by atoms with E-state index in [9.17, 15) is 31.5 Å². The highest BCUT2D eigenvalue weighted by Gasteiger charge is 2.28. The number of carbonyl (C=O) groups is 2. The Balaban J connectivity index is 1.59. The highest BCUT2D eigenvalue weighted by atomic mass is 35.5. The van der Waals surface area contributed by atoms with Crippen LogP contribution >= 0.6 is 23.5 Å². The minimum Gasteiger partial charge on any atom is -0.305 e. The number of likely N-dealkylation sites (N-methyl/N-ethyl adjacent to an activating group) is 1. The molecular formula is C29H27ClF5N3O3S. The first-order valence-corrected chi connectivity index (χ1v) is 14.2. The minimum atomic E-state index is -2.28. The molecule has 0 unspecified atom stereocenters. The molecule has 1 aliphatic rings. The van der Waals surface area contributed by atoms with Crippen molar-refractivity contribution in [3.63, 3.8) is 0 Å². The average molecular weight is 628 g/mol. The van der Waals surface area contributed by atoms with Gasteiger partial charge >= 0.3 is 0 Å². The predicted molar refractivity (Wildman–Crippen MR) is 149 cm³/mol. The molecule has 2 N–H and O–H groups in total. The number of hydrogen-bond donors (Lipinski definition) is 2. The summed E-state index contributed by atoms with van der Waals surface area (Å²) in [7, 11) is 1.26. The van der Waals surface area contributed by atoms with E-state index >= 15 is 0 Å². The van der Waals surface area contributed by atoms with Crippen LogP contribution in [0.5, 0.6) is 0 Å². The molecule has 3 aromatic rings. The van der Waals surface area contributed by atoms with E-state index in [2.05, 4.69) is 0 Å². The SMILES string of the molecule is CN(CC(=O)N(Cc1ccc(C2CCCCC2)cc1)c1ccc(C(=O)NO)cc1Cl)Sc1c(F)c(F)c(F)c(F)c1F. The van der Waals surface area contributed by atoms with Crippen LogP contribution in [0.2, 0.25) is 5.02 Å². The Labute approximate surface area is 248 Å². The third-order valence-electron chi connectivity index (χ3n) is 7.07. The summed E-state index contributed by atoms with van der Waals surface area (Å²) in [6.07, 6.45) is 5.80. The zero-order valence-corrected chi connectivity index (χ0v) is 24.0. The number of nitrogens with zero attached hydrogens (tertiary/aromatic N) is 2. The molecule has 0 spiro atoms. The Hall–Kier alpha value is -3.19. The summed E-state index contributed by atoms with van der Waals surface area (Å²) in [5.41, 5.74) is 3.66. The number of benzene rings is 3.